The van der Waals surface area contributed by atoms with Gasteiger partial charge in [-0.05, 0) is 11.6 Å². The van der Waals surface area contributed by atoms with E-state index in [-0.39, 0.29) is 12.3 Å². The maximum atomic E-state index is 12.4. The van der Waals surface area contributed by atoms with Crippen LogP contribution in [-0.4, -0.2) is 28.8 Å². The molecule has 7 heteroatoms. The van der Waals surface area contributed by atoms with Gasteiger partial charge < -0.3 is 5.73 Å². The Hall–Kier alpha value is -2.44. The van der Waals surface area contributed by atoms with Gasteiger partial charge in [0.15, 0.2) is 0 Å². The lowest BCUT2D eigenvalue weighted by atomic mass is 10.1. The Morgan fingerprint density at radius 2 is 2.05 bits per heavy atom. The van der Waals surface area contributed by atoms with Gasteiger partial charge in [0.05, 0.1) is 0 Å². The van der Waals surface area contributed by atoms with Crippen LogP contribution in [0.3, 0.4) is 0 Å². The fraction of sp³-hybridized carbons (Fsp3) is 0.385. The van der Waals surface area contributed by atoms with Crippen molar-refractivity contribution in [1.82, 2.24) is 0 Å². The zero-order valence-electron chi connectivity index (χ0n) is 10.6. The van der Waals surface area contributed by atoms with Gasteiger partial charge in [-0.2, -0.15) is 0 Å². The summed E-state index contributed by atoms with van der Waals surface area (Å²) >= 11 is 0. The van der Waals surface area contributed by atoms with E-state index < -0.39 is 28.8 Å². The average Bonchev–Trinajstić information content (AvgIpc) is 3.11. The molecule has 0 saturated heterocycles. The standard InChI is InChI=1S/C13H13N3O4/c14-12(17)11-5-7-3-1-2-4-9(7)15(11)13(18)8-6-10(8)16(19)20/h1-4,8,10-11H,5-6H2,(H2,14,17)/t8-,10+,11-/m0/s1. The van der Waals surface area contributed by atoms with Crippen molar-refractivity contribution < 1.29 is 14.5 Å². The van der Waals surface area contributed by atoms with Crippen LogP contribution in [0.2, 0.25) is 0 Å². The predicted molar refractivity (Wildman–Crippen MR) is 69.5 cm³/mol. The highest BCUT2D eigenvalue weighted by Crippen LogP contribution is 2.40. The molecule has 3 atom stereocenters. The molecule has 0 spiro atoms. The Labute approximate surface area is 114 Å². The number of para-hydroxylation sites is 1. The average molecular weight is 275 g/mol. The molecule has 0 aromatic heterocycles. The number of nitrogens with zero attached hydrogens (tertiary/aromatic N) is 2. The van der Waals surface area contributed by atoms with Crippen LogP contribution >= 0.6 is 0 Å². The summed E-state index contributed by atoms with van der Waals surface area (Å²) in [5.41, 5.74) is 6.85. The number of anilines is 1. The Balaban J connectivity index is 1.91. The van der Waals surface area contributed by atoms with Crippen molar-refractivity contribution in [1.29, 1.82) is 0 Å². The molecule has 2 N–H and O–H groups in total. The van der Waals surface area contributed by atoms with E-state index in [4.69, 9.17) is 5.73 Å². The minimum absolute atomic E-state index is 0.232. The van der Waals surface area contributed by atoms with Gasteiger partial charge in [0, 0.05) is 23.5 Å². The number of nitrogens with two attached hydrogens (primary N) is 1. The molecule has 3 rings (SSSR count). The molecule has 0 radical (unpaired) electrons. The molecule has 1 heterocycles. The number of carbonyl (C=O) groups excluding carboxylic acids is 2. The summed E-state index contributed by atoms with van der Waals surface area (Å²) in [4.78, 5) is 35.5. The highest BCUT2D eigenvalue weighted by Gasteiger charge is 2.56. The van der Waals surface area contributed by atoms with Gasteiger partial charge in [-0.25, -0.2) is 0 Å². The first-order valence-electron chi connectivity index (χ1n) is 6.34. The number of nitro groups is 1. The van der Waals surface area contributed by atoms with Crippen molar-refractivity contribution >= 4 is 17.5 Å². The monoisotopic (exact) mass is 275 g/mol. The van der Waals surface area contributed by atoms with Crippen molar-refractivity contribution in [3.05, 3.63) is 39.9 Å². The number of hydrogen-bond donors (Lipinski definition) is 1. The van der Waals surface area contributed by atoms with Crippen molar-refractivity contribution in [2.45, 2.75) is 24.9 Å². The Kier molecular flexibility index (Phi) is 2.70. The van der Waals surface area contributed by atoms with Crippen LogP contribution in [0.1, 0.15) is 12.0 Å². The zero-order valence-corrected chi connectivity index (χ0v) is 10.6. The third-order valence-corrected chi connectivity index (χ3v) is 3.89. The number of benzene rings is 1. The minimum atomic E-state index is -0.830. The summed E-state index contributed by atoms with van der Waals surface area (Å²) in [6.45, 7) is 0. The van der Waals surface area contributed by atoms with Gasteiger partial charge in [-0.1, -0.05) is 18.2 Å². The number of rotatable bonds is 3. The van der Waals surface area contributed by atoms with E-state index in [0.717, 1.165) is 5.56 Å². The highest BCUT2D eigenvalue weighted by molar-refractivity contribution is 6.05. The summed E-state index contributed by atoms with van der Waals surface area (Å²) < 4.78 is 0. The first kappa shape index (κ1) is 12.6. The van der Waals surface area contributed by atoms with Crippen molar-refractivity contribution in [2.75, 3.05) is 4.90 Å². The lowest BCUT2D eigenvalue weighted by Crippen LogP contribution is -2.47. The van der Waals surface area contributed by atoms with Crippen LogP contribution in [-0.2, 0) is 16.0 Å². The number of fused-ring (bicyclic) bond motifs is 1. The first-order valence-corrected chi connectivity index (χ1v) is 6.34. The second-order valence-corrected chi connectivity index (χ2v) is 5.15. The summed E-state index contributed by atoms with van der Waals surface area (Å²) in [6.07, 6.45) is 0.600. The van der Waals surface area contributed by atoms with Crippen LogP contribution in [0.4, 0.5) is 5.69 Å². The van der Waals surface area contributed by atoms with Crippen LogP contribution in [0.5, 0.6) is 0 Å². The molecule has 1 aliphatic heterocycles. The Morgan fingerprint density at radius 1 is 1.35 bits per heavy atom. The van der Waals surface area contributed by atoms with Crippen LogP contribution in [0.15, 0.2) is 24.3 Å². The minimum Gasteiger partial charge on any atom is -0.368 e. The fourth-order valence-electron chi connectivity index (χ4n) is 2.74. The number of amides is 2. The van der Waals surface area contributed by atoms with E-state index in [1.165, 1.54) is 4.90 Å². The van der Waals surface area contributed by atoms with Gasteiger partial charge in [0.25, 0.3) is 0 Å². The van der Waals surface area contributed by atoms with Gasteiger partial charge in [0.1, 0.15) is 12.0 Å². The van der Waals surface area contributed by atoms with Crippen molar-refractivity contribution in [3.8, 4) is 0 Å². The molecule has 104 valence electrons. The maximum absolute atomic E-state index is 12.4. The Morgan fingerprint density at radius 3 is 2.65 bits per heavy atom. The van der Waals surface area contributed by atoms with Crippen molar-refractivity contribution in [2.24, 2.45) is 11.7 Å². The van der Waals surface area contributed by atoms with E-state index in [1.54, 1.807) is 12.1 Å². The molecule has 1 saturated carbocycles. The molecule has 7 nitrogen and oxygen atoms in total. The van der Waals surface area contributed by atoms with E-state index >= 15 is 0 Å². The lowest BCUT2D eigenvalue weighted by Gasteiger charge is -2.22. The van der Waals surface area contributed by atoms with Crippen molar-refractivity contribution in [3.63, 3.8) is 0 Å². The van der Waals surface area contributed by atoms with Crippen LogP contribution < -0.4 is 10.6 Å². The van der Waals surface area contributed by atoms with E-state index in [9.17, 15) is 19.7 Å². The number of hydrogen-bond acceptors (Lipinski definition) is 4. The molecule has 1 fully saturated rings. The fourth-order valence-corrected chi connectivity index (χ4v) is 2.74. The number of carbonyl (C=O) groups is 2. The zero-order chi connectivity index (χ0) is 14.4. The van der Waals surface area contributed by atoms with Crippen LogP contribution in [0.25, 0.3) is 0 Å². The highest BCUT2D eigenvalue weighted by atomic mass is 16.6. The molecule has 2 aliphatic rings. The topological polar surface area (TPSA) is 107 Å². The third-order valence-electron chi connectivity index (χ3n) is 3.89. The molecule has 1 aromatic carbocycles. The van der Waals surface area contributed by atoms with Gasteiger partial charge in [0.2, 0.25) is 17.9 Å². The molecule has 1 aromatic rings. The lowest BCUT2D eigenvalue weighted by molar-refractivity contribution is -0.497. The molecule has 2 amide bonds. The SMILES string of the molecule is NC(=O)[C@@H]1Cc2ccccc2N1C(=O)[C@H]1C[C@H]1[N+](=O)[O-]. The number of primary amides is 1. The smallest absolute Gasteiger partial charge is 0.240 e. The van der Waals surface area contributed by atoms with E-state index in [0.29, 0.717) is 12.1 Å². The van der Waals surface area contributed by atoms with Gasteiger partial charge in [-0.3, -0.25) is 24.6 Å². The maximum Gasteiger partial charge on any atom is 0.240 e. The first-order chi connectivity index (χ1) is 9.50. The summed E-state index contributed by atoms with van der Waals surface area (Å²) in [6, 6.07) is 5.58. The quantitative estimate of drug-likeness (QED) is 0.623. The summed E-state index contributed by atoms with van der Waals surface area (Å²) in [5, 5.41) is 10.7. The summed E-state index contributed by atoms with van der Waals surface area (Å²) in [5.74, 6) is -1.61. The second kappa shape index (κ2) is 4.29. The molecule has 20 heavy (non-hydrogen) atoms. The normalized spacial score (nSPS) is 27.0. The van der Waals surface area contributed by atoms with Gasteiger partial charge >= 0.3 is 0 Å². The second-order valence-electron chi connectivity index (χ2n) is 5.15. The molecular formula is C13H13N3O4. The largest absolute Gasteiger partial charge is 0.368 e. The molecule has 1 aliphatic carbocycles. The predicted octanol–water partition coefficient (Wildman–Crippen LogP) is 0.0948. The van der Waals surface area contributed by atoms with Crippen LogP contribution in [0, 0.1) is 16.0 Å². The molecular weight excluding hydrogens is 262 g/mol. The van der Waals surface area contributed by atoms with E-state index in [2.05, 4.69) is 0 Å². The molecule has 0 unspecified atom stereocenters. The Bertz CT molecular complexity index is 615. The third kappa shape index (κ3) is 1.82. The van der Waals surface area contributed by atoms with Gasteiger partial charge in [-0.15, -0.1) is 0 Å². The summed E-state index contributed by atoms with van der Waals surface area (Å²) in [7, 11) is 0. The molecule has 0 bridgehead atoms. The van der Waals surface area contributed by atoms with E-state index in [1.807, 2.05) is 12.1 Å².